The second-order valence-electron chi connectivity index (χ2n) is 5.28. The van der Waals surface area contributed by atoms with Crippen LogP contribution in [0, 0.1) is 0 Å². The fraction of sp³-hybridized carbons (Fsp3) is 0.600. The zero-order chi connectivity index (χ0) is 12.3. The van der Waals surface area contributed by atoms with E-state index in [9.17, 15) is 0 Å². The van der Waals surface area contributed by atoms with Crippen LogP contribution in [0.25, 0.3) is 0 Å². The van der Waals surface area contributed by atoms with E-state index in [1.165, 1.54) is 11.1 Å². The number of rotatable bonds is 3. The highest BCUT2D eigenvalue weighted by Crippen LogP contribution is 2.22. The summed E-state index contributed by atoms with van der Waals surface area (Å²) in [5.41, 5.74) is 2.87. The van der Waals surface area contributed by atoms with Gasteiger partial charge in [0, 0.05) is 32.2 Å². The number of piperazine rings is 1. The maximum Gasteiger partial charge on any atom is 0.0320 e. The maximum atomic E-state index is 3.40. The van der Waals surface area contributed by atoms with E-state index in [1.54, 1.807) is 0 Å². The van der Waals surface area contributed by atoms with E-state index >= 15 is 0 Å². The third kappa shape index (κ3) is 3.08. The second kappa shape index (κ2) is 5.65. The van der Waals surface area contributed by atoms with Crippen LogP contribution >= 0.6 is 0 Å². The third-order valence-corrected chi connectivity index (χ3v) is 3.78. The van der Waals surface area contributed by atoms with Crippen LogP contribution in [0.15, 0.2) is 24.3 Å². The molecule has 2 rings (SSSR count). The Morgan fingerprint density at radius 3 is 2.00 bits per heavy atom. The molecule has 94 valence electrons. The Hall–Kier alpha value is -0.860. The molecule has 0 spiro atoms. The van der Waals surface area contributed by atoms with Crippen molar-refractivity contribution in [1.82, 2.24) is 10.2 Å². The molecule has 0 saturated carbocycles. The lowest BCUT2D eigenvalue weighted by Gasteiger charge is -2.33. The normalized spacial score (nSPS) is 19.5. The summed E-state index contributed by atoms with van der Waals surface area (Å²) in [7, 11) is 0. The SMILES string of the molecule is CC(C)c1ccc([C@H](C)N2CCNCC2)cc1. The highest BCUT2D eigenvalue weighted by molar-refractivity contribution is 5.26. The van der Waals surface area contributed by atoms with Gasteiger partial charge >= 0.3 is 0 Å². The molecule has 0 radical (unpaired) electrons. The monoisotopic (exact) mass is 232 g/mol. The van der Waals surface area contributed by atoms with Crippen LogP contribution in [0.5, 0.6) is 0 Å². The lowest BCUT2D eigenvalue weighted by atomic mass is 9.99. The highest BCUT2D eigenvalue weighted by atomic mass is 15.2. The maximum absolute atomic E-state index is 3.40. The van der Waals surface area contributed by atoms with Crippen molar-refractivity contribution >= 4 is 0 Å². The van der Waals surface area contributed by atoms with Crippen molar-refractivity contribution in [2.45, 2.75) is 32.7 Å². The van der Waals surface area contributed by atoms with Crippen molar-refractivity contribution in [3.05, 3.63) is 35.4 Å². The van der Waals surface area contributed by atoms with Crippen molar-refractivity contribution in [3.63, 3.8) is 0 Å². The summed E-state index contributed by atoms with van der Waals surface area (Å²) in [5.74, 6) is 0.624. The van der Waals surface area contributed by atoms with Crippen molar-refractivity contribution in [2.24, 2.45) is 0 Å². The van der Waals surface area contributed by atoms with Gasteiger partial charge in [0.2, 0.25) is 0 Å². The first-order valence-corrected chi connectivity index (χ1v) is 6.73. The van der Waals surface area contributed by atoms with Gasteiger partial charge in [0.05, 0.1) is 0 Å². The van der Waals surface area contributed by atoms with E-state index in [0.29, 0.717) is 12.0 Å². The molecule has 0 bridgehead atoms. The first kappa shape index (κ1) is 12.6. The summed E-state index contributed by atoms with van der Waals surface area (Å²) in [5, 5.41) is 3.40. The van der Waals surface area contributed by atoms with E-state index in [-0.39, 0.29) is 0 Å². The van der Waals surface area contributed by atoms with Gasteiger partial charge in [-0.05, 0) is 24.0 Å². The highest BCUT2D eigenvalue weighted by Gasteiger charge is 2.17. The fourth-order valence-corrected chi connectivity index (χ4v) is 2.44. The van der Waals surface area contributed by atoms with Crippen LogP contribution < -0.4 is 5.32 Å². The zero-order valence-corrected chi connectivity index (χ0v) is 11.2. The summed E-state index contributed by atoms with van der Waals surface area (Å²) < 4.78 is 0. The Morgan fingerprint density at radius 2 is 1.47 bits per heavy atom. The summed E-state index contributed by atoms with van der Waals surface area (Å²) in [6, 6.07) is 9.68. The van der Waals surface area contributed by atoms with Crippen molar-refractivity contribution in [1.29, 1.82) is 0 Å². The predicted octanol–water partition coefficient (Wildman–Crippen LogP) is 2.78. The average molecular weight is 232 g/mol. The van der Waals surface area contributed by atoms with Gasteiger partial charge in [-0.25, -0.2) is 0 Å². The van der Waals surface area contributed by atoms with E-state index in [2.05, 4.69) is 55.3 Å². The Labute approximate surface area is 105 Å². The van der Waals surface area contributed by atoms with Crippen molar-refractivity contribution < 1.29 is 0 Å². The number of benzene rings is 1. The zero-order valence-electron chi connectivity index (χ0n) is 11.2. The van der Waals surface area contributed by atoms with E-state index < -0.39 is 0 Å². The van der Waals surface area contributed by atoms with Gasteiger partial charge in [-0.15, -0.1) is 0 Å². The molecule has 1 heterocycles. The number of nitrogens with zero attached hydrogens (tertiary/aromatic N) is 1. The summed E-state index contributed by atoms with van der Waals surface area (Å²) in [6.45, 7) is 11.4. The quantitative estimate of drug-likeness (QED) is 0.862. The van der Waals surface area contributed by atoms with Crippen LogP contribution in [-0.4, -0.2) is 31.1 Å². The van der Waals surface area contributed by atoms with Gasteiger partial charge in [0.1, 0.15) is 0 Å². The van der Waals surface area contributed by atoms with Crippen LogP contribution in [-0.2, 0) is 0 Å². The van der Waals surface area contributed by atoms with Gasteiger partial charge in [-0.2, -0.15) is 0 Å². The molecule has 17 heavy (non-hydrogen) atoms. The predicted molar refractivity (Wildman–Crippen MR) is 73.4 cm³/mol. The average Bonchev–Trinajstić information content (AvgIpc) is 2.39. The van der Waals surface area contributed by atoms with Crippen LogP contribution in [0.2, 0.25) is 0 Å². The minimum atomic E-state index is 0.540. The van der Waals surface area contributed by atoms with Gasteiger partial charge in [-0.3, -0.25) is 4.90 Å². The first-order valence-electron chi connectivity index (χ1n) is 6.73. The topological polar surface area (TPSA) is 15.3 Å². The number of hydrogen-bond donors (Lipinski definition) is 1. The molecular formula is C15H24N2. The Kier molecular flexibility index (Phi) is 4.19. The molecule has 1 atom stereocenters. The molecule has 1 N–H and O–H groups in total. The summed E-state index contributed by atoms with van der Waals surface area (Å²) >= 11 is 0. The number of nitrogens with one attached hydrogen (secondary N) is 1. The Morgan fingerprint density at radius 1 is 0.941 bits per heavy atom. The smallest absolute Gasteiger partial charge is 0.0320 e. The van der Waals surface area contributed by atoms with Crippen molar-refractivity contribution in [2.75, 3.05) is 26.2 Å². The molecule has 1 saturated heterocycles. The molecule has 1 fully saturated rings. The molecule has 1 aliphatic heterocycles. The Bertz CT molecular complexity index is 336. The summed E-state index contributed by atoms with van der Waals surface area (Å²) in [6.07, 6.45) is 0. The minimum absolute atomic E-state index is 0.540. The van der Waals surface area contributed by atoms with Crippen LogP contribution in [0.3, 0.4) is 0 Å². The van der Waals surface area contributed by atoms with Gasteiger partial charge in [0.25, 0.3) is 0 Å². The van der Waals surface area contributed by atoms with Gasteiger partial charge < -0.3 is 5.32 Å². The molecule has 0 unspecified atom stereocenters. The molecule has 0 amide bonds. The molecule has 2 heteroatoms. The van der Waals surface area contributed by atoms with Crippen molar-refractivity contribution in [3.8, 4) is 0 Å². The second-order valence-corrected chi connectivity index (χ2v) is 5.28. The lowest BCUT2D eigenvalue weighted by molar-refractivity contribution is 0.185. The molecule has 2 nitrogen and oxygen atoms in total. The Balaban J connectivity index is 2.05. The molecule has 1 aliphatic rings. The van der Waals surface area contributed by atoms with E-state index in [4.69, 9.17) is 0 Å². The van der Waals surface area contributed by atoms with Crippen LogP contribution in [0.1, 0.15) is 43.9 Å². The molecular weight excluding hydrogens is 208 g/mol. The van der Waals surface area contributed by atoms with E-state index in [1.807, 2.05) is 0 Å². The molecule has 1 aromatic carbocycles. The third-order valence-electron chi connectivity index (χ3n) is 3.78. The summed E-state index contributed by atoms with van der Waals surface area (Å²) in [4.78, 5) is 2.56. The molecule has 0 aromatic heterocycles. The largest absolute Gasteiger partial charge is 0.314 e. The first-order chi connectivity index (χ1) is 8.18. The van der Waals surface area contributed by atoms with E-state index in [0.717, 1.165) is 26.2 Å². The molecule has 0 aliphatic carbocycles. The number of hydrogen-bond acceptors (Lipinski definition) is 2. The van der Waals surface area contributed by atoms with Gasteiger partial charge in [0.15, 0.2) is 0 Å². The lowest BCUT2D eigenvalue weighted by Crippen LogP contribution is -2.44. The minimum Gasteiger partial charge on any atom is -0.314 e. The van der Waals surface area contributed by atoms with Gasteiger partial charge in [-0.1, -0.05) is 38.1 Å². The standard InChI is InChI=1S/C15H24N2/c1-12(2)14-4-6-15(7-5-14)13(3)17-10-8-16-9-11-17/h4-7,12-13,16H,8-11H2,1-3H3/t13-/m0/s1. The van der Waals surface area contributed by atoms with Crippen LogP contribution in [0.4, 0.5) is 0 Å². The fourth-order valence-electron chi connectivity index (χ4n) is 2.44. The molecule has 1 aromatic rings.